The Morgan fingerprint density at radius 3 is 1.00 bits per heavy atom. The lowest BCUT2D eigenvalue weighted by Gasteiger charge is -2.33. The van der Waals surface area contributed by atoms with Crippen LogP contribution in [0.1, 0.15) is 49.7 Å². The van der Waals surface area contributed by atoms with Crippen molar-refractivity contribution < 1.29 is 0 Å². The summed E-state index contributed by atoms with van der Waals surface area (Å²) in [6, 6.07) is 17.5. The van der Waals surface area contributed by atoms with Crippen LogP contribution in [0.4, 0.5) is 0 Å². The molecule has 0 fully saturated rings. The minimum Gasteiger partial charge on any atom is -0.309 e. The van der Waals surface area contributed by atoms with Crippen molar-refractivity contribution in [3.05, 3.63) is 47.5 Å². The van der Waals surface area contributed by atoms with Crippen molar-refractivity contribution in [2.45, 2.75) is 64.5 Å². The second-order valence-electron chi connectivity index (χ2n) is 15.7. The van der Waals surface area contributed by atoms with Gasteiger partial charge in [0.2, 0.25) is 0 Å². The monoisotopic (exact) mass is 665 g/mol. The molecule has 1 heterocycles. The summed E-state index contributed by atoms with van der Waals surface area (Å²) < 4.78 is 0. The summed E-state index contributed by atoms with van der Waals surface area (Å²) in [6.45, 7) is 16.6. The van der Waals surface area contributed by atoms with E-state index in [2.05, 4.69) is 136 Å². The van der Waals surface area contributed by atoms with Crippen molar-refractivity contribution in [1.29, 1.82) is 0 Å². The third-order valence-corrected chi connectivity index (χ3v) is 15.4. The first-order valence-corrected chi connectivity index (χ1v) is 21.1. The number of hydrogen-bond acceptors (Lipinski definition) is 6. The van der Waals surface area contributed by atoms with Gasteiger partial charge in [-0.25, -0.2) is 0 Å². The van der Waals surface area contributed by atoms with Crippen LogP contribution in [0.5, 0.6) is 0 Å². The highest BCUT2D eigenvalue weighted by molar-refractivity contribution is 7.05. The van der Waals surface area contributed by atoms with Crippen LogP contribution in [0.15, 0.2) is 36.4 Å². The Balaban J connectivity index is 1.85. The van der Waals surface area contributed by atoms with Gasteiger partial charge in [-0.3, -0.25) is 0 Å². The van der Waals surface area contributed by atoms with E-state index >= 15 is 0 Å². The summed E-state index contributed by atoms with van der Waals surface area (Å²) in [6.07, 6.45) is 7.59. The molecule has 0 radical (unpaired) electrons. The number of fused-ring (bicyclic) bond motifs is 3. The number of hydrogen-bond donors (Lipinski definition) is 0. The van der Waals surface area contributed by atoms with E-state index in [4.69, 9.17) is 0 Å². The van der Waals surface area contributed by atoms with Crippen LogP contribution in [-0.4, -0.2) is 159 Å². The van der Waals surface area contributed by atoms with Crippen LogP contribution >= 0.6 is 0 Å². The molecule has 2 aromatic rings. The Hall–Kier alpha value is -1.58. The Morgan fingerprint density at radius 2 is 0.702 bits per heavy atom. The van der Waals surface area contributed by atoms with E-state index in [9.17, 15) is 0 Å². The molecule has 7 heteroatoms. The number of benzene rings is 2. The number of aryl methyl sites for hydroxylation is 2. The second-order valence-corrected chi connectivity index (χ2v) is 19.9. The molecule has 0 aromatic heterocycles. The Kier molecular flexibility index (Phi) is 17.1. The maximum Gasteiger partial charge on any atom is 0.119 e. The Bertz CT molecular complexity index is 1060. The molecule has 0 N–H and O–H groups in total. The van der Waals surface area contributed by atoms with Gasteiger partial charge in [0.1, 0.15) is 8.07 Å². The quantitative estimate of drug-likeness (QED) is 0.146. The average Bonchev–Trinajstić information content (AvgIpc) is 3.24. The van der Waals surface area contributed by atoms with E-state index in [1.807, 2.05) is 0 Å². The van der Waals surface area contributed by atoms with Crippen LogP contribution in [0, 0.1) is 13.8 Å². The van der Waals surface area contributed by atoms with E-state index in [-0.39, 0.29) is 0 Å². The van der Waals surface area contributed by atoms with E-state index < -0.39 is 8.07 Å². The molecule has 0 amide bonds. The second kappa shape index (κ2) is 20.2. The molecule has 1 aliphatic rings. The summed E-state index contributed by atoms with van der Waals surface area (Å²) in [5.41, 5.74) is 5.93. The third kappa shape index (κ3) is 13.0. The smallest absolute Gasteiger partial charge is 0.119 e. The first-order chi connectivity index (χ1) is 22.4. The SMILES string of the molecule is Cc1ccc2c(c1)[Si](CCCN(CCCN(C)C)CCCN(C)C)(CCCN(CCCN(C)C)CCCN(C)C)c1cc(C)ccc1-2. The minimum atomic E-state index is -1.95. The Morgan fingerprint density at radius 1 is 0.404 bits per heavy atom. The van der Waals surface area contributed by atoms with Crippen molar-refractivity contribution in [1.82, 2.24) is 29.4 Å². The van der Waals surface area contributed by atoms with Gasteiger partial charge in [0.15, 0.2) is 0 Å². The van der Waals surface area contributed by atoms with Crippen molar-refractivity contribution in [2.24, 2.45) is 0 Å². The van der Waals surface area contributed by atoms with Crippen LogP contribution in [0.3, 0.4) is 0 Å². The van der Waals surface area contributed by atoms with Gasteiger partial charge in [-0.05, 0) is 208 Å². The molecule has 0 unspecified atom stereocenters. The summed E-state index contributed by atoms with van der Waals surface area (Å²) in [4.78, 5) is 14.9. The maximum absolute atomic E-state index is 2.79. The number of nitrogens with zero attached hydrogens (tertiary/aromatic N) is 6. The predicted molar refractivity (Wildman–Crippen MR) is 211 cm³/mol. The molecular weight excluding hydrogens is 593 g/mol. The minimum absolute atomic E-state index is 1.17. The molecule has 47 heavy (non-hydrogen) atoms. The predicted octanol–water partition coefficient (Wildman–Crippen LogP) is 5.04. The molecule has 0 saturated carbocycles. The van der Waals surface area contributed by atoms with E-state index in [1.54, 1.807) is 21.5 Å². The first-order valence-electron chi connectivity index (χ1n) is 18.7. The highest BCUT2D eigenvalue weighted by atomic mass is 28.3. The van der Waals surface area contributed by atoms with Gasteiger partial charge < -0.3 is 29.4 Å². The molecule has 0 bridgehead atoms. The van der Waals surface area contributed by atoms with Gasteiger partial charge in [-0.15, -0.1) is 0 Å². The van der Waals surface area contributed by atoms with Gasteiger partial charge in [-0.2, -0.15) is 0 Å². The van der Waals surface area contributed by atoms with Gasteiger partial charge in [-0.1, -0.05) is 47.5 Å². The molecule has 2 aromatic carbocycles. The topological polar surface area (TPSA) is 19.4 Å². The third-order valence-electron chi connectivity index (χ3n) is 10.1. The fraction of sp³-hybridized carbons (Fsp3) is 0.700. The zero-order valence-electron chi connectivity index (χ0n) is 32.4. The van der Waals surface area contributed by atoms with Gasteiger partial charge in [0.25, 0.3) is 0 Å². The van der Waals surface area contributed by atoms with Crippen molar-refractivity contribution in [3.8, 4) is 11.1 Å². The van der Waals surface area contributed by atoms with Gasteiger partial charge >= 0.3 is 0 Å². The average molecular weight is 665 g/mol. The first kappa shape index (κ1) is 39.9. The molecule has 266 valence electrons. The molecule has 0 aliphatic carbocycles. The maximum atomic E-state index is 2.79. The molecule has 1 aliphatic heterocycles. The highest BCUT2D eigenvalue weighted by Crippen LogP contribution is 2.35. The number of rotatable bonds is 24. The van der Waals surface area contributed by atoms with Crippen molar-refractivity contribution in [3.63, 3.8) is 0 Å². The standard InChI is InChI=1S/C40H72N6Si/c1-35-17-19-37-38-20-18-36(2)34-40(38)47(39(37)33-35,31-15-29-45(25-11-21-41(3)4)26-12-22-42(5)6)32-16-30-46(27-13-23-43(7)8)28-14-24-44(9)10/h17-20,33-34H,11-16,21-32H2,1-10H3. The zero-order chi connectivity index (χ0) is 34.4. The van der Waals surface area contributed by atoms with Gasteiger partial charge in [0, 0.05) is 0 Å². The van der Waals surface area contributed by atoms with Crippen LogP contribution in [-0.2, 0) is 0 Å². The highest BCUT2D eigenvalue weighted by Gasteiger charge is 2.44. The van der Waals surface area contributed by atoms with Crippen LogP contribution in [0.2, 0.25) is 12.1 Å². The van der Waals surface area contributed by atoms with E-state index in [1.165, 1.54) is 127 Å². The lowest BCUT2D eigenvalue weighted by molar-refractivity contribution is 0.240. The normalized spacial score (nSPS) is 14.0. The van der Waals surface area contributed by atoms with Crippen molar-refractivity contribution in [2.75, 3.05) is 122 Å². The lowest BCUT2D eigenvalue weighted by atomic mass is 10.0. The van der Waals surface area contributed by atoms with Crippen molar-refractivity contribution >= 4 is 18.4 Å². The summed E-state index contributed by atoms with van der Waals surface area (Å²) in [5.74, 6) is 0. The fourth-order valence-electron chi connectivity index (χ4n) is 7.71. The zero-order valence-corrected chi connectivity index (χ0v) is 33.4. The summed E-state index contributed by atoms with van der Waals surface area (Å²) in [7, 11) is 15.7. The van der Waals surface area contributed by atoms with Crippen LogP contribution < -0.4 is 10.4 Å². The molecule has 3 rings (SSSR count). The van der Waals surface area contributed by atoms with E-state index in [0.717, 1.165) is 0 Å². The Labute approximate surface area is 292 Å². The molecule has 0 spiro atoms. The molecule has 6 nitrogen and oxygen atoms in total. The molecule has 0 saturated heterocycles. The fourth-order valence-corrected chi connectivity index (χ4v) is 13.3. The largest absolute Gasteiger partial charge is 0.309 e. The molecule has 0 atom stereocenters. The molecular formula is C40H72N6Si. The van der Waals surface area contributed by atoms with Crippen LogP contribution in [0.25, 0.3) is 11.1 Å². The van der Waals surface area contributed by atoms with E-state index in [0.29, 0.717) is 0 Å². The van der Waals surface area contributed by atoms with Gasteiger partial charge in [0.05, 0.1) is 0 Å². The summed E-state index contributed by atoms with van der Waals surface area (Å²) in [5, 5.41) is 3.47. The summed E-state index contributed by atoms with van der Waals surface area (Å²) >= 11 is 0. The lowest BCUT2D eigenvalue weighted by Crippen LogP contribution is -2.56.